The fraction of sp³-hybridized carbons (Fsp3) is 0.538. The molecule has 0 bridgehead atoms. The Morgan fingerprint density at radius 1 is 0.933 bits per heavy atom. The van der Waals surface area contributed by atoms with Gasteiger partial charge in [0.25, 0.3) is 0 Å². The first-order valence-corrected chi connectivity index (χ1v) is 5.12. The van der Waals surface area contributed by atoms with Gasteiger partial charge in [-0.2, -0.15) is 0 Å². The van der Waals surface area contributed by atoms with Crippen molar-refractivity contribution in [2.75, 3.05) is 0 Å². The minimum Gasteiger partial charge on any atom is -0.239 e. The van der Waals surface area contributed by atoms with Crippen molar-refractivity contribution in [2.45, 2.75) is 45.7 Å². The van der Waals surface area contributed by atoms with E-state index >= 15 is 0 Å². The molecule has 1 aromatic carbocycles. The van der Waals surface area contributed by atoms with Crippen LogP contribution in [0.4, 0.5) is 8.78 Å². The largest absolute Gasteiger partial charge is 0.239 e. The number of hydrogen-bond donors (Lipinski definition) is 0. The summed E-state index contributed by atoms with van der Waals surface area (Å²) in [6.07, 6.45) is 0. The van der Waals surface area contributed by atoms with Crippen LogP contribution in [-0.4, -0.2) is 0 Å². The standard InChI is InChI=1S/C13H18F2/c1-12(2,3)9-7-6-8-10(11(9)14)13(4,5)15/h6-8H,1-5H3. The molecule has 0 atom stereocenters. The molecule has 0 radical (unpaired) electrons. The van der Waals surface area contributed by atoms with Crippen molar-refractivity contribution in [3.8, 4) is 0 Å². The zero-order valence-corrected chi connectivity index (χ0v) is 9.99. The van der Waals surface area contributed by atoms with Gasteiger partial charge in [-0.1, -0.05) is 39.0 Å². The van der Waals surface area contributed by atoms with Crippen LogP contribution in [0.15, 0.2) is 18.2 Å². The predicted molar refractivity (Wildman–Crippen MR) is 59.2 cm³/mol. The van der Waals surface area contributed by atoms with E-state index in [2.05, 4.69) is 0 Å². The van der Waals surface area contributed by atoms with Gasteiger partial charge in [-0.25, -0.2) is 8.78 Å². The summed E-state index contributed by atoms with van der Waals surface area (Å²) in [4.78, 5) is 0. The van der Waals surface area contributed by atoms with Crippen LogP contribution < -0.4 is 0 Å². The fourth-order valence-electron chi connectivity index (χ4n) is 1.57. The normalized spacial score (nSPS) is 13.0. The SMILES string of the molecule is CC(C)(C)c1cccc(C(C)(C)F)c1F. The van der Waals surface area contributed by atoms with Crippen molar-refractivity contribution >= 4 is 0 Å². The maximum Gasteiger partial charge on any atom is 0.133 e. The quantitative estimate of drug-likeness (QED) is 0.650. The highest BCUT2D eigenvalue weighted by atomic mass is 19.1. The van der Waals surface area contributed by atoms with Crippen molar-refractivity contribution in [3.05, 3.63) is 35.1 Å². The van der Waals surface area contributed by atoms with Gasteiger partial charge >= 0.3 is 0 Å². The number of hydrogen-bond acceptors (Lipinski definition) is 0. The Hall–Kier alpha value is -0.920. The summed E-state index contributed by atoms with van der Waals surface area (Å²) in [6.45, 7) is 8.50. The van der Waals surface area contributed by atoms with Gasteiger partial charge in [0.2, 0.25) is 0 Å². The van der Waals surface area contributed by atoms with Gasteiger partial charge in [0.1, 0.15) is 11.5 Å². The van der Waals surface area contributed by atoms with E-state index < -0.39 is 11.5 Å². The lowest BCUT2D eigenvalue weighted by Gasteiger charge is -2.24. The van der Waals surface area contributed by atoms with Crippen LogP contribution in [0.5, 0.6) is 0 Å². The molecule has 0 saturated heterocycles. The molecule has 0 fully saturated rings. The maximum absolute atomic E-state index is 14.0. The van der Waals surface area contributed by atoms with E-state index in [4.69, 9.17) is 0 Å². The Kier molecular flexibility index (Phi) is 2.90. The molecule has 0 saturated carbocycles. The molecule has 0 aliphatic rings. The first kappa shape index (κ1) is 12.2. The van der Waals surface area contributed by atoms with E-state index in [1.165, 1.54) is 19.9 Å². The zero-order chi connectivity index (χ0) is 11.9. The molecule has 0 N–H and O–H groups in total. The lowest BCUT2D eigenvalue weighted by Crippen LogP contribution is -2.19. The molecule has 1 aromatic rings. The first-order valence-electron chi connectivity index (χ1n) is 5.12. The van der Waals surface area contributed by atoms with Crippen LogP contribution in [-0.2, 0) is 11.1 Å². The summed E-state index contributed by atoms with van der Waals surface area (Å²) in [6, 6.07) is 4.93. The summed E-state index contributed by atoms with van der Waals surface area (Å²) in [5.41, 5.74) is -1.24. The van der Waals surface area contributed by atoms with Gasteiger partial charge in [0, 0.05) is 5.56 Å². The van der Waals surface area contributed by atoms with Crippen LogP contribution in [0.25, 0.3) is 0 Å². The molecule has 0 spiro atoms. The molecule has 0 nitrogen and oxygen atoms in total. The fourth-order valence-corrected chi connectivity index (χ4v) is 1.57. The van der Waals surface area contributed by atoms with E-state index in [1.54, 1.807) is 12.1 Å². The maximum atomic E-state index is 14.0. The third-order valence-corrected chi connectivity index (χ3v) is 2.45. The van der Waals surface area contributed by atoms with E-state index in [-0.39, 0.29) is 11.0 Å². The Bertz CT molecular complexity index is 322. The Labute approximate surface area is 90.3 Å². The molecule has 2 heteroatoms. The summed E-state index contributed by atoms with van der Waals surface area (Å²) >= 11 is 0. The summed E-state index contributed by atoms with van der Waals surface area (Å²) in [5, 5.41) is 0. The van der Waals surface area contributed by atoms with E-state index in [0.29, 0.717) is 5.56 Å². The van der Waals surface area contributed by atoms with E-state index in [1.807, 2.05) is 20.8 Å². The molecule has 15 heavy (non-hydrogen) atoms. The third-order valence-electron chi connectivity index (χ3n) is 2.45. The number of halogens is 2. The Balaban J connectivity index is 3.37. The van der Waals surface area contributed by atoms with Gasteiger partial charge in [-0.3, -0.25) is 0 Å². The molecule has 0 heterocycles. The lowest BCUT2D eigenvalue weighted by atomic mass is 9.84. The molecule has 0 aliphatic carbocycles. The third kappa shape index (κ3) is 2.55. The second kappa shape index (κ2) is 3.58. The minimum atomic E-state index is -1.63. The summed E-state index contributed by atoms with van der Waals surface area (Å²) in [7, 11) is 0. The second-order valence-electron chi connectivity index (χ2n) is 5.39. The van der Waals surface area contributed by atoms with Gasteiger partial charge in [-0.05, 0) is 24.8 Å². The topological polar surface area (TPSA) is 0 Å². The highest BCUT2D eigenvalue weighted by Crippen LogP contribution is 2.33. The highest BCUT2D eigenvalue weighted by molar-refractivity contribution is 5.33. The van der Waals surface area contributed by atoms with Gasteiger partial charge in [0.05, 0.1) is 0 Å². The number of rotatable bonds is 1. The molecule has 0 unspecified atom stereocenters. The van der Waals surface area contributed by atoms with Crippen LogP contribution in [0.3, 0.4) is 0 Å². The average Bonchev–Trinajstić information content (AvgIpc) is 1.99. The molecule has 0 aliphatic heterocycles. The molecule has 84 valence electrons. The zero-order valence-electron chi connectivity index (χ0n) is 9.99. The highest BCUT2D eigenvalue weighted by Gasteiger charge is 2.27. The van der Waals surface area contributed by atoms with E-state index in [9.17, 15) is 8.78 Å². The smallest absolute Gasteiger partial charge is 0.133 e. The Morgan fingerprint density at radius 2 is 1.40 bits per heavy atom. The molecule has 0 amide bonds. The number of benzene rings is 1. The molecule has 1 rings (SSSR count). The molecular formula is C13H18F2. The van der Waals surface area contributed by atoms with Gasteiger partial charge in [0.15, 0.2) is 0 Å². The lowest BCUT2D eigenvalue weighted by molar-refractivity contribution is 0.213. The van der Waals surface area contributed by atoms with Crippen LogP contribution in [0, 0.1) is 5.82 Å². The van der Waals surface area contributed by atoms with Crippen molar-refractivity contribution in [1.82, 2.24) is 0 Å². The molecule has 0 aromatic heterocycles. The van der Waals surface area contributed by atoms with Crippen LogP contribution >= 0.6 is 0 Å². The van der Waals surface area contributed by atoms with Crippen molar-refractivity contribution in [2.24, 2.45) is 0 Å². The summed E-state index contributed by atoms with van der Waals surface area (Å²) < 4.78 is 27.7. The second-order valence-corrected chi connectivity index (χ2v) is 5.39. The van der Waals surface area contributed by atoms with Gasteiger partial charge < -0.3 is 0 Å². The first-order chi connectivity index (χ1) is 6.64. The predicted octanol–water partition coefficient (Wildman–Crippen LogP) is 4.33. The average molecular weight is 212 g/mol. The van der Waals surface area contributed by atoms with E-state index in [0.717, 1.165) is 0 Å². The minimum absolute atomic E-state index is 0.134. The molecular weight excluding hydrogens is 194 g/mol. The van der Waals surface area contributed by atoms with Crippen LogP contribution in [0.2, 0.25) is 0 Å². The Morgan fingerprint density at radius 3 is 1.80 bits per heavy atom. The van der Waals surface area contributed by atoms with Crippen LogP contribution in [0.1, 0.15) is 45.7 Å². The van der Waals surface area contributed by atoms with Crippen molar-refractivity contribution < 1.29 is 8.78 Å². The monoisotopic (exact) mass is 212 g/mol. The number of alkyl halides is 1. The summed E-state index contributed by atoms with van der Waals surface area (Å²) in [5.74, 6) is -0.419. The van der Waals surface area contributed by atoms with Gasteiger partial charge in [-0.15, -0.1) is 0 Å². The van der Waals surface area contributed by atoms with Crippen molar-refractivity contribution in [3.63, 3.8) is 0 Å². The van der Waals surface area contributed by atoms with Crippen molar-refractivity contribution in [1.29, 1.82) is 0 Å².